The van der Waals surface area contributed by atoms with Crippen LogP contribution in [0.2, 0.25) is 0 Å². The van der Waals surface area contributed by atoms with Crippen LogP contribution in [0.3, 0.4) is 0 Å². The van der Waals surface area contributed by atoms with Crippen LogP contribution >= 0.6 is 11.8 Å². The van der Waals surface area contributed by atoms with Gasteiger partial charge < -0.3 is 9.47 Å². The molecule has 0 aliphatic carbocycles. The SMILES string of the molecule is Cn1cccc1/C=C1\SC(=O)N(CC(=O)N2CCc3ccccc3C2)C1=O. The van der Waals surface area contributed by atoms with Gasteiger partial charge in [0.15, 0.2) is 0 Å². The molecular formula is C20H19N3O3S. The second kappa shape index (κ2) is 7.08. The summed E-state index contributed by atoms with van der Waals surface area (Å²) in [6.07, 6.45) is 4.34. The maximum absolute atomic E-state index is 12.7. The molecule has 2 aliphatic heterocycles. The van der Waals surface area contributed by atoms with E-state index >= 15 is 0 Å². The Hall–Kier alpha value is -2.80. The maximum atomic E-state index is 12.7. The maximum Gasteiger partial charge on any atom is 0.294 e. The minimum Gasteiger partial charge on any atom is -0.351 e. The van der Waals surface area contributed by atoms with Crippen molar-refractivity contribution >= 4 is 34.9 Å². The largest absolute Gasteiger partial charge is 0.351 e. The molecule has 0 spiro atoms. The van der Waals surface area contributed by atoms with Gasteiger partial charge in [-0.25, -0.2) is 0 Å². The van der Waals surface area contributed by atoms with Crippen molar-refractivity contribution in [3.8, 4) is 0 Å². The van der Waals surface area contributed by atoms with Crippen LogP contribution in [0.1, 0.15) is 16.8 Å². The van der Waals surface area contributed by atoms with Gasteiger partial charge in [0, 0.05) is 32.0 Å². The number of aryl methyl sites for hydroxylation is 1. The van der Waals surface area contributed by atoms with E-state index in [4.69, 9.17) is 0 Å². The molecule has 3 heterocycles. The predicted molar refractivity (Wildman–Crippen MR) is 104 cm³/mol. The van der Waals surface area contributed by atoms with E-state index in [0.29, 0.717) is 18.0 Å². The van der Waals surface area contributed by atoms with Gasteiger partial charge in [-0.05, 0) is 47.5 Å². The van der Waals surface area contributed by atoms with Crippen molar-refractivity contribution in [2.45, 2.75) is 13.0 Å². The first-order chi connectivity index (χ1) is 13.0. The number of hydrogen-bond donors (Lipinski definition) is 0. The van der Waals surface area contributed by atoms with Crippen molar-refractivity contribution < 1.29 is 14.4 Å². The fourth-order valence-corrected chi connectivity index (χ4v) is 4.16. The highest BCUT2D eigenvalue weighted by Crippen LogP contribution is 2.32. The minimum absolute atomic E-state index is 0.202. The van der Waals surface area contributed by atoms with Crippen molar-refractivity contribution in [2.75, 3.05) is 13.1 Å². The summed E-state index contributed by atoms with van der Waals surface area (Å²) in [6.45, 7) is 0.910. The third-order valence-electron chi connectivity index (χ3n) is 4.91. The Morgan fingerprint density at radius 3 is 2.67 bits per heavy atom. The minimum atomic E-state index is -0.406. The zero-order valence-electron chi connectivity index (χ0n) is 14.9. The second-order valence-corrected chi connectivity index (χ2v) is 7.64. The van der Waals surface area contributed by atoms with Gasteiger partial charge in [0.2, 0.25) is 5.91 Å². The van der Waals surface area contributed by atoms with Gasteiger partial charge in [-0.3, -0.25) is 19.3 Å². The van der Waals surface area contributed by atoms with E-state index in [2.05, 4.69) is 6.07 Å². The van der Waals surface area contributed by atoms with Gasteiger partial charge in [0.1, 0.15) is 6.54 Å². The average Bonchev–Trinajstić information content (AvgIpc) is 3.19. The molecule has 138 valence electrons. The summed E-state index contributed by atoms with van der Waals surface area (Å²) < 4.78 is 1.87. The Bertz CT molecular complexity index is 963. The van der Waals surface area contributed by atoms with Gasteiger partial charge in [0.25, 0.3) is 11.1 Å². The van der Waals surface area contributed by atoms with Crippen LogP contribution in [0.4, 0.5) is 4.79 Å². The van der Waals surface area contributed by atoms with E-state index in [-0.39, 0.29) is 12.5 Å². The first kappa shape index (κ1) is 17.6. The van der Waals surface area contributed by atoms with E-state index < -0.39 is 11.1 Å². The second-order valence-electron chi connectivity index (χ2n) is 6.65. The molecule has 7 heteroatoms. The third-order valence-corrected chi connectivity index (χ3v) is 5.82. The number of fused-ring (bicyclic) bond motifs is 1. The summed E-state index contributed by atoms with van der Waals surface area (Å²) in [5.41, 5.74) is 3.20. The highest BCUT2D eigenvalue weighted by atomic mass is 32.2. The van der Waals surface area contributed by atoms with Crippen molar-refractivity contribution in [1.82, 2.24) is 14.4 Å². The summed E-state index contributed by atoms with van der Waals surface area (Å²) in [4.78, 5) is 40.7. The van der Waals surface area contributed by atoms with Gasteiger partial charge in [-0.15, -0.1) is 0 Å². The predicted octanol–water partition coefficient (Wildman–Crippen LogP) is 2.65. The molecule has 1 aromatic carbocycles. The molecule has 4 rings (SSSR count). The number of aromatic nitrogens is 1. The quantitative estimate of drug-likeness (QED) is 0.767. The molecule has 3 amide bonds. The summed E-state index contributed by atoms with van der Waals surface area (Å²) in [6, 6.07) is 11.8. The van der Waals surface area contributed by atoms with E-state index in [1.54, 1.807) is 11.0 Å². The summed E-state index contributed by atoms with van der Waals surface area (Å²) in [7, 11) is 1.87. The molecule has 2 aliphatic rings. The Morgan fingerprint density at radius 1 is 1.15 bits per heavy atom. The lowest BCUT2D eigenvalue weighted by molar-refractivity contribution is -0.136. The Balaban J connectivity index is 1.46. The molecule has 0 radical (unpaired) electrons. The molecule has 6 nitrogen and oxygen atoms in total. The summed E-state index contributed by atoms with van der Waals surface area (Å²) in [5, 5.41) is -0.397. The number of imide groups is 1. The zero-order valence-corrected chi connectivity index (χ0v) is 15.7. The van der Waals surface area contributed by atoms with Crippen molar-refractivity contribution in [1.29, 1.82) is 0 Å². The van der Waals surface area contributed by atoms with Crippen LogP contribution < -0.4 is 0 Å². The van der Waals surface area contributed by atoms with Crippen LogP contribution in [0.5, 0.6) is 0 Å². The summed E-state index contributed by atoms with van der Waals surface area (Å²) >= 11 is 0.880. The first-order valence-electron chi connectivity index (χ1n) is 8.74. The lowest BCUT2D eigenvalue weighted by atomic mass is 10.00. The molecule has 0 bridgehead atoms. The molecule has 2 aromatic rings. The van der Waals surface area contributed by atoms with Crippen molar-refractivity contribution in [3.05, 3.63) is 64.3 Å². The highest BCUT2D eigenvalue weighted by molar-refractivity contribution is 8.18. The van der Waals surface area contributed by atoms with Crippen LogP contribution in [-0.2, 0) is 29.6 Å². The van der Waals surface area contributed by atoms with Crippen molar-refractivity contribution in [2.24, 2.45) is 7.05 Å². The Kier molecular flexibility index (Phi) is 4.61. The number of carbonyl (C=O) groups is 3. The average molecular weight is 381 g/mol. The fraction of sp³-hybridized carbons (Fsp3) is 0.250. The molecule has 0 saturated carbocycles. The lowest BCUT2D eigenvalue weighted by Gasteiger charge is -2.29. The zero-order chi connectivity index (χ0) is 19.0. The van der Waals surface area contributed by atoms with E-state index in [9.17, 15) is 14.4 Å². The normalized spacial score (nSPS) is 18.3. The molecule has 1 fully saturated rings. The summed E-state index contributed by atoms with van der Waals surface area (Å²) in [5.74, 6) is -0.608. The van der Waals surface area contributed by atoms with Crippen LogP contribution in [-0.4, -0.2) is 44.5 Å². The number of thioether (sulfide) groups is 1. The molecule has 0 atom stereocenters. The number of benzene rings is 1. The third kappa shape index (κ3) is 3.42. The van der Waals surface area contributed by atoms with Gasteiger partial charge >= 0.3 is 0 Å². The molecule has 1 aromatic heterocycles. The number of amides is 3. The van der Waals surface area contributed by atoms with Gasteiger partial charge in [0.05, 0.1) is 4.91 Å². The van der Waals surface area contributed by atoms with Crippen LogP contribution in [0.25, 0.3) is 6.08 Å². The lowest BCUT2D eigenvalue weighted by Crippen LogP contribution is -2.44. The van der Waals surface area contributed by atoms with Crippen LogP contribution in [0.15, 0.2) is 47.5 Å². The molecule has 0 N–H and O–H groups in total. The van der Waals surface area contributed by atoms with Gasteiger partial charge in [-0.2, -0.15) is 0 Å². The smallest absolute Gasteiger partial charge is 0.294 e. The van der Waals surface area contributed by atoms with E-state index in [1.165, 1.54) is 5.56 Å². The molecule has 1 saturated heterocycles. The number of hydrogen-bond acceptors (Lipinski definition) is 4. The molecule has 0 unspecified atom stereocenters. The Morgan fingerprint density at radius 2 is 1.93 bits per heavy atom. The highest BCUT2D eigenvalue weighted by Gasteiger charge is 2.37. The molecular weight excluding hydrogens is 362 g/mol. The monoisotopic (exact) mass is 381 g/mol. The van der Waals surface area contributed by atoms with Gasteiger partial charge in [-0.1, -0.05) is 24.3 Å². The first-order valence-corrected chi connectivity index (χ1v) is 9.56. The van der Waals surface area contributed by atoms with E-state index in [0.717, 1.165) is 34.3 Å². The number of rotatable bonds is 3. The van der Waals surface area contributed by atoms with E-state index in [1.807, 2.05) is 48.1 Å². The number of nitrogens with zero attached hydrogens (tertiary/aromatic N) is 3. The topological polar surface area (TPSA) is 62.6 Å². The standard InChI is InChI=1S/C20H19N3O3S/c1-21-9-4-7-16(21)11-17-19(25)23(20(26)27-17)13-18(24)22-10-8-14-5-2-3-6-15(14)12-22/h2-7,9,11H,8,10,12-13H2,1H3/b17-11-. The van der Waals surface area contributed by atoms with Crippen LogP contribution in [0, 0.1) is 0 Å². The number of carbonyl (C=O) groups excluding carboxylic acids is 3. The molecule has 27 heavy (non-hydrogen) atoms. The van der Waals surface area contributed by atoms with Crippen molar-refractivity contribution in [3.63, 3.8) is 0 Å². The Labute approximate surface area is 161 Å². The fourth-order valence-electron chi connectivity index (χ4n) is 3.34.